The van der Waals surface area contributed by atoms with Crippen molar-refractivity contribution in [1.29, 1.82) is 0 Å². The SMILES string of the molecule is CCn1cc(CNC(=O)NC2CCCCC2)cn1. The van der Waals surface area contributed by atoms with Gasteiger partial charge in [-0.2, -0.15) is 5.10 Å². The van der Waals surface area contributed by atoms with Crippen LogP contribution in [0.3, 0.4) is 0 Å². The molecule has 0 spiro atoms. The van der Waals surface area contributed by atoms with Crippen LogP contribution in [0.4, 0.5) is 4.79 Å². The molecule has 0 aliphatic heterocycles. The molecule has 2 N–H and O–H groups in total. The van der Waals surface area contributed by atoms with E-state index in [0.717, 1.165) is 24.9 Å². The van der Waals surface area contributed by atoms with Crippen LogP contribution < -0.4 is 10.6 Å². The van der Waals surface area contributed by atoms with Crippen LogP contribution in [0.2, 0.25) is 0 Å². The van der Waals surface area contributed by atoms with Crippen molar-refractivity contribution >= 4 is 6.03 Å². The second-order valence-corrected chi connectivity index (χ2v) is 4.87. The van der Waals surface area contributed by atoms with Gasteiger partial charge in [-0.05, 0) is 19.8 Å². The number of carbonyl (C=O) groups excluding carboxylic acids is 1. The zero-order chi connectivity index (χ0) is 12.8. The molecule has 2 amide bonds. The first-order chi connectivity index (χ1) is 8.78. The number of hydrogen-bond acceptors (Lipinski definition) is 2. The van der Waals surface area contributed by atoms with Crippen LogP contribution >= 0.6 is 0 Å². The van der Waals surface area contributed by atoms with E-state index in [0.29, 0.717) is 12.6 Å². The number of nitrogens with zero attached hydrogens (tertiary/aromatic N) is 2. The van der Waals surface area contributed by atoms with Gasteiger partial charge in [0, 0.05) is 30.9 Å². The number of rotatable bonds is 4. The standard InChI is InChI=1S/C13H22N4O/c1-2-17-10-11(9-15-17)8-14-13(18)16-12-6-4-3-5-7-12/h9-10,12H,2-8H2,1H3,(H2,14,16,18). The third-order valence-electron chi connectivity index (χ3n) is 3.40. The molecule has 2 rings (SSSR count). The molecular weight excluding hydrogens is 228 g/mol. The molecule has 0 saturated heterocycles. The van der Waals surface area contributed by atoms with Crippen LogP contribution in [0.5, 0.6) is 0 Å². The van der Waals surface area contributed by atoms with Crippen LogP contribution in [-0.2, 0) is 13.1 Å². The summed E-state index contributed by atoms with van der Waals surface area (Å²) in [5.41, 5.74) is 1.04. The lowest BCUT2D eigenvalue weighted by Gasteiger charge is -2.22. The maximum Gasteiger partial charge on any atom is 0.315 e. The molecular formula is C13H22N4O. The van der Waals surface area contributed by atoms with Gasteiger partial charge in [0.15, 0.2) is 0 Å². The molecule has 1 aromatic heterocycles. The number of urea groups is 1. The summed E-state index contributed by atoms with van der Waals surface area (Å²) in [5, 5.41) is 10.1. The van der Waals surface area contributed by atoms with Gasteiger partial charge in [-0.25, -0.2) is 4.79 Å². The Balaban J connectivity index is 1.70. The maximum absolute atomic E-state index is 11.7. The van der Waals surface area contributed by atoms with E-state index in [1.54, 1.807) is 6.20 Å². The monoisotopic (exact) mass is 250 g/mol. The van der Waals surface area contributed by atoms with E-state index in [9.17, 15) is 4.79 Å². The van der Waals surface area contributed by atoms with Crippen molar-refractivity contribution in [2.45, 2.75) is 58.2 Å². The molecule has 100 valence electrons. The lowest BCUT2D eigenvalue weighted by Crippen LogP contribution is -2.42. The van der Waals surface area contributed by atoms with Gasteiger partial charge < -0.3 is 10.6 Å². The van der Waals surface area contributed by atoms with Crippen LogP contribution in [0.25, 0.3) is 0 Å². The van der Waals surface area contributed by atoms with Gasteiger partial charge in [-0.1, -0.05) is 19.3 Å². The molecule has 0 bridgehead atoms. The first kappa shape index (κ1) is 12.9. The van der Waals surface area contributed by atoms with E-state index in [1.165, 1.54) is 19.3 Å². The van der Waals surface area contributed by atoms with Crippen LogP contribution in [0.1, 0.15) is 44.6 Å². The topological polar surface area (TPSA) is 59.0 Å². The molecule has 0 atom stereocenters. The maximum atomic E-state index is 11.7. The van der Waals surface area contributed by atoms with Gasteiger partial charge in [0.1, 0.15) is 0 Å². The minimum Gasteiger partial charge on any atom is -0.335 e. The Morgan fingerprint density at radius 1 is 1.44 bits per heavy atom. The zero-order valence-electron chi connectivity index (χ0n) is 11.0. The van der Waals surface area contributed by atoms with E-state index in [1.807, 2.05) is 17.8 Å². The molecule has 1 fully saturated rings. The first-order valence-corrected chi connectivity index (χ1v) is 6.83. The Bertz CT molecular complexity index is 382. The van der Waals surface area contributed by atoms with Gasteiger partial charge in [0.05, 0.1) is 6.20 Å². The largest absolute Gasteiger partial charge is 0.335 e. The fourth-order valence-electron chi connectivity index (χ4n) is 2.34. The average Bonchev–Trinajstić information content (AvgIpc) is 2.85. The summed E-state index contributed by atoms with van der Waals surface area (Å²) >= 11 is 0. The quantitative estimate of drug-likeness (QED) is 0.859. The molecule has 5 heteroatoms. The highest BCUT2D eigenvalue weighted by Crippen LogP contribution is 2.17. The molecule has 1 saturated carbocycles. The fourth-order valence-corrected chi connectivity index (χ4v) is 2.34. The molecule has 18 heavy (non-hydrogen) atoms. The zero-order valence-corrected chi connectivity index (χ0v) is 11.0. The smallest absolute Gasteiger partial charge is 0.315 e. The van der Waals surface area contributed by atoms with Crippen molar-refractivity contribution < 1.29 is 4.79 Å². The Kier molecular flexibility index (Phi) is 4.61. The number of aromatic nitrogens is 2. The number of carbonyl (C=O) groups is 1. The summed E-state index contributed by atoms with van der Waals surface area (Å²) in [6, 6.07) is 0.295. The molecule has 1 aliphatic rings. The van der Waals surface area contributed by atoms with Crippen molar-refractivity contribution in [1.82, 2.24) is 20.4 Å². The minimum absolute atomic E-state index is 0.0638. The van der Waals surface area contributed by atoms with Crippen molar-refractivity contribution in [2.75, 3.05) is 0 Å². The summed E-state index contributed by atoms with van der Waals surface area (Å²) in [6.45, 7) is 3.44. The highest BCUT2D eigenvalue weighted by molar-refractivity contribution is 5.74. The van der Waals surface area contributed by atoms with E-state index < -0.39 is 0 Å². The first-order valence-electron chi connectivity index (χ1n) is 6.83. The van der Waals surface area contributed by atoms with Crippen molar-refractivity contribution in [3.05, 3.63) is 18.0 Å². The summed E-state index contributed by atoms with van der Waals surface area (Å²) < 4.78 is 1.86. The van der Waals surface area contributed by atoms with Gasteiger partial charge in [-0.15, -0.1) is 0 Å². The minimum atomic E-state index is -0.0638. The van der Waals surface area contributed by atoms with Gasteiger partial charge in [-0.3, -0.25) is 4.68 Å². The lowest BCUT2D eigenvalue weighted by atomic mass is 9.96. The van der Waals surface area contributed by atoms with E-state index in [-0.39, 0.29) is 6.03 Å². The third kappa shape index (κ3) is 3.75. The van der Waals surface area contributed by atoms with E-state index in [2.05, 4.69) is 15.7 Å². The van der Waals surface area contributed by atoms with Crippen LogP contribution in [-0.4, -0.2) is 21.9 Å². The normalized spacial score (nSPS) is 16.5. The van der Waals surface area contributed by atoms with Gasteiger partial charge >= 0.3 is 6.03 Å². The Hall–Kier alpha value is -1.52. The van der Waals surface area contributed by atoms with E-state index >= 15 is 0 Å². The Morgan fingerprint density at radius 2 is 2.22 bits per heavy atom. The van der Waals surface area contributed by atoms with Crippen molar-refractivity contribution in [2.24, 2.45) is 0 Å². The highest BCUT2D eigenvalue weighted by Gasteiger charge is 2.15. The van der Waals surface area contributed by atoms with Crippen molar-refractivity contribution in [3.63, 3.8) is 0 Å². The highest BCUT2D eigenvalue weighted by atomic mass is 16.2. The summed E-state index contributed by atoms with van der Waals surface area (Å²) in [4.78, 5) is 11.7. The van der Waals surface area contributed by atoms with Gasteiger partial charge in [0.25, 0.3) is 0 Å². The number of amides is 2. The molecule has 0 unspecified atom stereocenters. The third-order valence-corrected chi connectivity index (χ3v) is 3.40. The van der Waals surface area contributed by atoms with Crippen LogP contribution in [0.15, 0.2) is 12.4 Å². The van der Waals surface area contributed by atoms with E-state index in [4.69, 9.17) is 0 Å². The molecule has 5 nitrogen and oxygen atoms in total. The second-order valence-electron chi connectivity index (χ2n) is 4.87. The predicted octanol–water partition coefficient (Wildman–Crippen LogP) is 2.03. The number of nitrogens with one attached hydrogen (secondary N) is 2. The molecule has 0 radical (unpaired) electrons. The summed E-state index contributed by atoms with van der Waals surface area (Å²) in [6.07, 6.45) is 9.74. The number of hydrogen-bond donors (Lipinski definition) is 2. The van der Waals surface area contributed by atoms with Crippen LogP contribution in [0, 0.1) is 0 Å². The Morgan fingerprint density at radius 3 is 2.89 bits per heavy atom. The van der Waals surface area contributed by atoms with Gasteiger partial charge in [0.2, 0.25) is 0 Å². The summed E-state index contributed by atoms with van der Waals surface area (Å²) in [7, 11) is 0. The second kappa shape index (κ2) is 6.42. The lowest BCUT2D eigenvalue weighted by molar-refractivity contribution is 0.232. The molecule has 1 heterocycles. The fraction of sp³-hybridized carbons (Fsp3) is 0.692. The number of aryl methyl sites for hydroxylation is 1. The summed E-state index contributed by atoms with van der Waals surface area (Å²) in [5.74, 6) is 0. The Labute approximate surface area is 108 Å². The average molecular weight is 250 g/mol. The predicted molar refractivity (Wildman–Crippen MR) is 70.1 cm³/mol. The molecule has 1 aromatic rings. The van der Waals surface area contributed by atoms with Crippen molar-refractivity contribution in [3.8, 4) is 0 Å². The molecule has 1 aliphatic carbocycles. The molecule has 0 aromatic carbocycles.